The van der Waals surface area contributed by atoms with E-state index < -0.39 is 11.9 Å². The highest BCUT2D eigenvalue weighted by Gasteiger charge is 1.96. The average Bonchev–Trinajstić information content (AvgIpc) is 2.25. The first kappa shape index (κ1) is 15.7. The number of carbonyl (C=O) groups is 2. The zero-order valence-electron chi connectivity index (χ0n) is 10.2. The maximum Gasteiger partial charge on any atom is 0.327 e. The second-order valence-corrected chi connectivity index (χ2v) is 4.15. The Morgan fingerprint density at radius 3 is 1.88 bits per heavy atom. The fourth-order valence-corrected chi connectivity index (χ4v) is 1.61. The molecule has 98 valence electrons. The van der Waals surface area contributed by atoms with Gasteiger partial charge in [0.25, 0.3) is 0 Å². The first-order chi connectivity index (χ1) is 8.13. The van der Waals surface area contributed by atoms with Crippen molar-refractivity contribution in [3.05, 3.63) is 12.2 Å². The van der Waals surface area contributed by atoms with Crippen LogP contribution in [0.3, 0.4) is 0 Å². The number of rotatable bonds is 11. The number of hydrogen-bond acceptors (Lipinski definition) is 2. The molecule has 4 nitrogen and oxygen atoms in total. The third kappa shape index (κ3) is 14.7. The molecule has 0 spiro atoms. The fourth-order valence-electron chi connectivity index (χ4n) is 1.61. The summed E-state index contributed by atoms with van der Waals surface area (Å²) < 4.78 is 0. The van der Waals surface area contributed by atoms with Crippen molar-refractivity contribution < 1.29 is 19.8 Å². The van der Waals surface area contributed by atoms with Crippen LogP contribution in [0.2, 0.25) is 0 Å². The van der Waals surface area contributed by atoms with E-state index in [0.29, 0.717) is 0 Å². The molecule has 17 heavy (non-hydrogen) atoms. The van der Waals surface area contributed by atoms with E-state index in [2.05, 4.69) is 0 Å². The van der Waals surface area contributed by atoms with Crippen molar-refractivity contribution in [1.82, 2.24) is 0 Å². The molecule has 0 aliphatic rings. The van der Waals surface area contributed by atoms with Crippen LogP contribution in [-0.2, 0) is 9.59 Å². The van der Waals surface area contributed by atoms with Crippen LogP contribution in [0.15, 0.2) is 12.2 Å². The Morgan fingerprint density at radius 1 is 0.824 bits per heavy atom. The van der Waals surface area contributed by atoms with Gasteiger partial charge in [-0.15, -0.1) is 0 Å². The third-order valence-electron chi connectivity index (χ3n) is 2.52. The lowest BCUT2D eigenvalue weighted by Crippen LogP contribution is -1.93. The zero-order valence-corrected chi connectivity index (χ0v) is 10.2. The van der Waals surface area contributed by atoms with Crippen molar-refractivity contribution >= 4 is 11.9 Å². The Morgan fingerprint density at radius 2 is 1.35 bits per heavy atom. The largest absolute Gasteiger partial charge is 0.481 e. The van der Waals surface area contributed by atoms with E-state index in [-0.39, 0.29) is 6.42 Å². The van der Waals surface area contributed by atoms with E-state index in [4.69, 9.17) is 10.2 Å². The van der Waals surface area contributed by atoms with Crippen molar-refractivity contribution in [2.24, 2.45) is 0 Å². The van der Waals surface area contributed by atoms with Crippen LogP contribution in [0.25, 0.3) is 0 Å². The fraction of sp³-hybridized carbons (Fsp3) is 0.692. The van der Waals surface area contributed by atoms with E-state index >= 15 is 0 Å². The van der Waals surface area contributed by atoms with Crippen LogP contribution < -0.4 is 0 Å². The molecule has 0 amide bonds. The molecule has 0 atom stereocenters. The zero-order chi connectivity index (χ0) is 12.9. The van der Waals surface area contributed by atoms with Gasteiger partial charge in [-0.1, -0.05) is 38.2 Å². The summed E-state index contributed by atoms with van der Waals surface area (Å²) in [6, 6.07) is 0. The Labute approximate surface area is 102 Å². The normalized spacial score (nSPS) is 10.8. The standard InChI is InChI=1S/C13H22O4/c14-12(15)10-8-6-4-2-1-3-5-7-9-11-13(16)17/h8,10H,1-7,9,11H2,(H,14,15)(H,16,17). The van der Waals surface area contributed by atoms with Crippen molar-refractivity contribution in [3.8, 4) is 0 Å². The quantitative estimate of drug-likeness (QED) is 0.431. The van der Waals surface area contributed by atoms with Crippen LogP contribution in [0, 0.1) is 0 Å². The van der Waals surface area contributed by atoms with Crippen molar-refractivity contribution in [2.75, 3.05) is 0 Å². The highest BCUT2D eigenvalue weighted by Crippen LogP contribution is 2.09. The molecule has 0 aliphatic heterocycles. The molecule has 0 saturated carbocycles. The lowest BCUT2D eigenvalue weighted by molar-refractivity contribution is -0.137. The van der Waals surface area contributed by atoms with E-state index in [1.54, 1.807) is 6.08 Å². The van der Waals surface area contributed by atoms with Crippen LogP contribution in [0.1, 0.15) is 57.8 Å². The topological polar surface area (TPSA) is 74.6 Å². The molecule has 0 fully saturated rings. The van der Waals surface area contributed by atoms with E-state index in [9.17, 15) is 9.59 Å². The molecule has 4 heteroatoms. The molecule has 0 aromatic heterocycles. The molecule has 0 rings (SSSR count). The second-order valence-electron chi connectivity index (χ2n) is 4.15. The van der Waals surface area contributed by atoms with Gasteiger partial charge in [0.05, 0.1) is 0 Å². The minimum atomic E-state index is -0.886. The Kier molecular flexibility index (Phi) is 10.3. The van der Waals surface area contributed by atoms with Gasteiger partial charge in [0, 0.05) is 12.5 Å². The van der Waals surface area contributed by atoms with Gasteiger partial charge < -0.3 is 10.2 Å². The van der Waals surface area contributed by atoms with Gasteiger partial charge in [-0.3, -0.25) is 4.79 Å². The van der Waals surface area contributed by atoms with Gasteiger partial charge in [0.2, 0.25) is 0 Å². The highest BCUT2D eigenvalue weighted by atomic mass is 16.4. The van der Waals surface area contributed by atoms with Crippen LogP contribution in [0.4, 0.5) is 0 Å². The van der Waals surface area contributed by atoms with Crippen LogP contribution >= 0.6 is 0 Å². The molecular weight excluding hydrogens is 220 g/mol. The predicted molar refractivity (Wildman–Crippen MR) is 66.0 cm³/mol. The summed E-state index contributed by atoms with van der Waals surface area (Å²) in [5.41, 5.74) is 0. The summed E-state index contributed by atoms with van der Waals surface area (Å²) >= 11 is 0. The molecule has 0 saturated heterocycles. The van der Waals surface area contributed by atoms with Gasteiger partial charge in [0.15, 0.2) is 0 Å². The minimum absolute atomic E-state index is 0.278. The van der Waals surface area contributed by atoms with E-state index in [0.717, 1.165) is 51.4 Å². The summed E-state index contributed by atoms with van der Waals surface area (Å²) in [5, 5.41) is 16.8. The summed E-state index contributed by atoms with van der Waals surface area (Å²) in [5.74, 6) is -1.60. The number of unbranched alkanes of at least 4 members (excludes halogenated alkanes) is 7. The van der Waals surface area contributed by atoms with Crippen LogP contribution in [0.5, 0.6) is 0 Å². The Hall–Kier alpha value is -1.32. The molecule has 0 unspecified atom stereocenters. The SMILES string of the molecule is O=C(O)C=CCCCCCCCCCC(=O)O. The van der Waals surface area contributed by atoms with Crippen molar-refractivity contribution in [1.29, 1.82) is 0 Å². The number of hydrogen-bond donors (Lipinski definition) is 2. The Bertz CT molecular complexity index is 246. The number of carboxylic acid groups (broad SMARTS) is 2. The lowest BCUT2D eigenvalue weighted by Gasteiger charge is -1.99. The minimum Gasteiger partial charge on any atom is -0.481 e. The van der Waals surface area contributed by atoms with Crippen molar-refractivity contribution in [3.63, 3.8) is 0 Å². The molecule has 2 N–H and O–H groups in total. The summed E-state index contributed by atoms with van der Waals surface area (Å²) in [4.78, 5) is 20.4. The van der Waals surface area contributed by atoms with Gasteiger partial charge >= 0.3 is 11.9 Å². The maximum absolute atomic E-state index is 10.2. The first-order valence-electron chi connectivity index (χ1n) is 6.24. The lowest BCUT2D eigenvalue weighted by atomic mass is 10.1. The van der Waals surface area contributed by atoms with Gasteiger partial charge in [0.1, 0.15) is 0 Å². The summed E-state index contributed by atoms with van der Waals surface area (Å²) in [7, 11) is 0. The van der Waals surface area contributed by atoms with Crippen LogP contribution in [-0.4, -0.2) is 22.2 Å². The maximum atomic E-state index is 10.2. The number of carboxylic acids is 2. The van der Waals surface area contributed by atoms with Gasteiger partial charge in [-0.2, -0.15) is 0 Å². The third-order valence-corrected chi connectivity index (χ3v) is 2.52. The summed E-state index contributed by atoms with van der Waals surface area (Å²) in [6.07, 6.45) is 11.3. The summed E-state index contributed by atoms with van der Waals surface area (Å²) in [6.45, 7) is 0. The predicted octanol–water partition coefficient (Wildman–Crippen LogP) is 3.22. The van der Waals surface area contributed by atoms with E-state index in [1.165, 1.54) is 6.08 Å². The van der Waals surface area contributed by atoms with Gasteiger partial charge in [-0.25, -0.2) is 4.79 Å². The molecular formula is C13H22O4. The first-order valence-corrected chi connectivity index (χ1v) is 6.24. The monoisotopic (exact) mass is 242 g/mol. The molecule has 0 bridgehead atoms. The number of aliphatic carboxylic acids is 2. The van der Waals surface area contributed by atoms with Gasteiger partial charge in [-0.05, 0) is 19.3 Å². The average molecular weight is 242 g/mol. The molecule has 0 heterocycles. The van der Waals surface area contributed by atoms with Crippen molar-refractivity contribution in [2.45, 2.75) is 57.8 Å². The number of allylic oxidation sites excluding steroid dienone is 1. The highest BCUT2D eigenvalue weighted by molar-refractivity contribution is 5.79. The molecule has 0 aromatic rings. The second kappa shape index (κ2) is 11.2. The smallest absolute Gasteiger partial charge is 0.327 e. The van der Waals surface area contributed by atoms with E-state index in [1.807, 2.05) is 0 Å². The molecule has 0 radical (unpaired) electrons. The Balaban J connectivity index is 3.08. The molecule has 0 aliphatic carbocycles. The molecule has 0 aromatic carbocycles.